The second-order valence-corrected chi connectivity index (χ2v) is 5.34. The van der Waals surface area contributed by atoms with Gasteiger partial charge in [0.1, 0.15) is 11.5 Å². The molecule has 0 saturated heterocycles. The fourth-order valence-electron chi connectivity index (χ4n) is 2.41. The number of carbonyl (C=O) groups excluding carboxylic acids is 1. The van der Waals surface area contributed by atoms with Gasteiger partial charge in [0.15, 0.2) is 0 Å². The standard InChI is InChI=1S/C17H23N3O3/c1-12-7-9-18-20(12)10-8-17(21)19-13(2)15-11-14(22-3)5-6-16(15)23-4/h5-7,9,11,13H,8,10H2,1-4H3,(H,19,21). The lowest BCUT2D eigenvalue weighted by Crippen LogP contribution is -2.28. The molecule has 0 bridgehead atoms. The number of aryl methyl sites for hydroxylation is 2. The zero-order valence-corrected chi connectivity index (χ0v) is 14.0. The molecule has 0 aliphatic carbocycles. The maximum atomic E-state index is 12.2. The van der Waals surface area contributed by atoms with Gasteiger partial charge in [-0.15, -0.1) is 0 Å². The molecule has 1 unspecified atom stereocenters. The molecule has 1 N–H and O–H groups in total. The van der Waals surface area contributed by atoms with Crippen LogP contribution in [-0.2, 0) is 11.3 Å². The van der Waals surface area contributed by atoms with E-state index in [1.54, 1.807) is 20.4 Å². The average Bonchev–Trinajstić information content (AvgIpc) is 2.97. The van der Waals surface area contributed by atoms with Gasteiger partial charge >= 0.3 is 0 Å². The van der Waals surface area contributed by atoms with E-state index in [1.165, 1.54) is 0 Å². The van der Waals surface area contributed by atoms with E-state index < -0.39 is 0 Å². The molecule has 1 amide bonds. The van der Waals surface area contributed by atoms with Gasteiger partial charge in [0.2, 0.25) is 5.91 Å². The molecule has 0 radical (unpaired) electrons. The number of rotatable bonds is 7. The normalized spacial score (nSPS) is 11.8. The van der Waals surface area contributed by atoms with Crippen LogP contribution >= 0.6 is 0 Å². The highest BCUT2D eigenvalue weighted by molar-refractivity contribution is 5.76. The molecule has 23 heavy (non-hydrogen) atoms. The first-order valence-corrected chi connectivity index (χ1v) is 7.55. The Morgan fingerprint density at radius 2 is 2.09 bits per heavy atom. The van der Waals surface area contributed by atoms with Crippen LogP contribution in [0.15, 0.2) is 30.5 Å². The Morgan fingerprint density at radius 3 is 2.70 bits per heavy atom. The average molecular weight is 317 g/mol. The minimum absolute atomic E-state index is 0.0303. The van der Waals surface area contributed by atoms with E-state index in [1.807, 2.05) is 42.8 Å². The van der Waals surface area contributed by atoms with Crippen molar-refractivity contribution < 1.29 is 14.3 Å². The van der Waals surface area contributed by atoms with Gasteiger partial charge in [0, 0.05) is 30.4 Å². The Balaban J connectivity index is 1.99. The molecule has 124 valence electrons. The van der Waals surface area contributed by atoms with Crippen molar-refractivity contribution in [1.29, 1.82) is 0 Å². The van der Waals surface area contributed by atoms with Crippen molar-refractivity contribution in [1.82, 2.24) is 15.1 Å². The van der Waals surface area contributed by atoms with E-state index in [9.17, 15) is 4.79 Å². The van der Waals surface area contributed by atoms with Crippen LogP contribution < -0.4 is 14.8 Å². The van der Waals surface area contributed by atoms with Gasteiger partial charge in [-0.25, -0.2) is 0 Å². The van der Waals surface area contributed by atoms with Gasteiger partial charge in [-0.1, -0.05) is 0 Å². The SMILES string of the molecule is COc1ccc(OC)c(C(C)NC(=O)CCn2nccc2C)c1. The fourth-order valence-corrected chi connectivity index (χ4v) is 2.41. The van der Waals surface area contributed by atoms with Gasteiger partial charge in [-0.05, 0) is 38.1 Å². The lowest BCUT2D eigenvalue weighted by molar-refractivity contribution is -0.122. The lowest BCUT2D eigenvalue weighted by atomic mass is 10.1. The molecule has 0 saturated carbocycles. The number of hydrogen-bond donors (Lipinski definition) is 1. The number of hydrogen-bond acceptors (Lipinski definition) is 4. The van der Waals surface area contributed by atoms with Gasteiger partial charge in [-0.2, -0.15) is 5.10 Å². The van der Waals surface area contributed by atoms with Crippen LogP contribution in [0.25, 0.3) is 0 Å². The van der Waals surface area contributed by atoms with Crippen LogP contribution in [0.1, 0.15) is 30.6 Å². The van der Waals surface area contributed by atoms with Crippen molar-refractivity contribution >= 4 is 5.91 Å². The molecule has 2 rings (SSSR count). The Hall–Kier alpha value is -2.50. The van der Waals surface area contributed by atoms with E-state index in [0.29, 0.717) is 13.0 Å². The highest BCUT2D eigenvalue weighted by Crippen LogP contribution is 2.29. The number of nitrogens with one attached hydrogen (secondary N) is 1. The summed E-state index contributed by atoms with van der Waals surface area (Å²) in [5.41, 5.74) is 1.93. The van der Waals surface area contributed by atoms with Crippen molar-refractivity contribution in [3.8, 4) is 11.5 Å². The maximum absolute atomic E-state index is 12.2. The van der Waals surface area contributed by atoms with Crippen LogP contribution in [0.5, 0.6) is 11.5 Å². The lowest BCUT2D eigenvalue weighted by Gasteiger charge is -2.18. The summed E-state index contributed by atoms with van der Waals surface area (Å²) in [6, 6.07) is 7.29. The number of ether oxygens (including phenoxy) is 2. The van der Waals surface area contributed by atoms with Gasteiger partial charge in [-0.3, -0.25) is 9.48 Å². The Kier molecular flexibility index (Phi) is 5.62. The molecular weight excluding hydrogens is 294 g/mol. The van der Waals surface area contributed by atoms with E-state index in [2.05, 4.69) is 10.4 Å². The number of methoxy groups -OCH3 is 2. The molecule has 6 heteroatoms. The first-order valence-electron chi connectivity index (χ1n) is 7.55. The topological polar surface area (TPSA) is 65.4 Å². The Labute approximate surface area is 136 Å². The van der Waals surface area contributed by atoms with Gasteiger partial charge in [0.05, 0.1) is 20.3 Å². The fraction of sp³-hybridized carbons (Fsp3) is 0.412. The molecule has 1 heterocycles. The number of amides is 1. The Morgan fingerprint density at radius 1 is 1.30 bits per heavy atom. The number of carbonyl (C=O) groups is 1. The summed E-state index contributed by atoms with van der Waals surface area (Å²) in [6.45, 7) is 4.45. The molecule has 1 aromatic heterocycles. The zero-order chi connectivity index (χ0) is 16.8. The van der Waals surface area contributed by atoms with Crippen molar-refractivity contribution in [2.75, 3.05) is 14.2 Å². The molecule has 0 spiro atoms. The third-order valence-corrected chi connectivity index (χ3v) is 3.76. The van der Waals surface area contributed by atoms with Crippen LogP contribution in [0.4, 0.5) is 0 Å². The quantitative estimate of drug-likeness (QED) is 0.852. The summed E-state index contributed by atoms with van der Waals surface area (Å²) in [7, 11) is 3.22. The maximum Gasteiger partial charge on any atom is 0.222 e. The van der Waals surface area contributed by atoms with Crippen LogP contribution in [0, 0.1) is 6.92 Å². The smallest absolute Gasteiger partial charge is 0.222 e. The van der Waals surface area contributed by atoms with E-state index >= 15 is 0 Å². The summed E-state index contributed by atoms with van der Waals surface area (Å²) in [5.74, 6) is 1.42. The van der Waals surface area contributed by atoms with Crippen molar-refractivity contribution in [3.63, 3.8) is 0 Å². The summed E-state index contributed by atoms with van der Waals surface area (Å²) in [5, 5.41) is 7.16. The van der Waals surface area contributed by atoms with Crippen LogP contribution in [0.2, 0.25) is 0 Å². The summed E-state index contributed by atoms with van der Waals surface area (Å²) < 4.78 is 12.4. The largest absolute Gasteiger partial charge is 0.497 e. The minimum atomic E-state index is -0.175. The molecule has 0 aliphatic rings. The monoisotopic (exact) mass is 317 g/mol. The van der Waals surface area contributed by atoms with Gasteiger partial charge in [0.25, 0.3) is 0 Å². The molecule has 0 aliphatic heterocycles. The van der Waals surface area contributed by atoms with Crippen molar-refractivity contribution in [2.24, 2.45) is 0 Å². The third-order valence-electron chi connectivity index (χ3n) is 3.76. The number of benzene rings is 1. The first-order chi connectivity index (χ1) is 11.0. The van der Waals surface area contributed by atoms with Crippen molar-refractivity contribution in [2.45, 2.75) is 32.9 Å². The second-order valence-electron chi connectivity index (χ2n) is 5.34. The molecular formula is C17H23N3O3. The molecule has 1 aromatic carbocycles. The van der Waals surface area contributed by atoms with Gasteiger partial charge < -0.3 is 14.8 Å². The van der Waals surface area contributed by atoms with Crippen LogP contribution in [-0.4, -0.2) is 29.9 Å². The predicted octanol–water partition coefficient (Wildman–Crippen LogP) is 2.48. The predicted molar refractivity (Wildman–Crippen MR) is 87.7 cm³/mol. The summed E-state index contributed by atoms with van der Waals surface area (Å²) in [6.07, 6.45) is 2.11. The summed E-state index contributed by atoms with van der Waals surface area (Å²) in [4.78, 5) is 12.2. The highest BCUT2D eigenvalue weighted by Gasteiger charge is 2.15. The van der Waals surface area contributed by atoms with Crippen molar-refractivity contribution in [3.05, 3.63) is 41.7 Å². The van der Waals surface area contributed by atoms with E-state index in [4.69, 9.17) is 9.47 Å². The minimum Gasteiger partial charge on any atom is -0.497 e. The summed E-state index contributed by atoms with van der Waals surface area (Å²) >= 11 is 0. The molecule has 6 nitrogen and oxygen atoms in total. The first kappa shape index (κ1) is 16.9. The number of nitrogens with zero attached hydrogens (tertiary/aromatic N) is 2. The van der Waals surface area contributed by atoms with Crippen LogP contribution in [0.3, 0.4) is 0 Å². The molecule has 0 fully saturated rings. The molecule has 1 atom stereocenters. The highest BCUT2D eigenvalue weighted by atomic mass is 16.5. The molecule has 2 aromatic rings. The zero-order valence-electron chi connectivity index (χ0n) is 14.0. The number of aromatic nitrogens is 2. The Bertz CT molecular complexity index is 667. The third kappa shape index (κ3) is 4.25. The van der Waals surface area contributed by atoms with E-state index in [-0.39, 0.29) is 11.9 Å². The second kappa shape index (κ2) is 7.67. The van der Waals surface area contributed by atoms with E-state index in [0.717, 1.165) is 22.8 Å².